The van der Waals surface area contributed by atoms with E-state index in [1.165, 1.54) is 0 Å². The highest BCUT2D eigenvalue weighted by Crippen LogP contribution is 2.12. The normalized spacial score (nSPS) is 24.8. The number of carbonyl (C=O) groups is 2. The molecule has 0 aromatic carbocycles. The highest BCUT2D eigenvalue weighted by Gasteiger charge is 2.28. The number of carboxylic acids is 1. The van der Waals surface area contributed by atoms with Gasteiger partial charge in [0.15, 0.2) is 0 Å². The van der Waals surface area contributed by atoms with Crippen molar-refractivity contribution in [3.8, 4) is 0 Å². The van der Waals surface area contributed by atoms with E-state index in [2.05, 4.69) is 0 Å². The molecule has 0 bridgehead atoms. The molecule has 0 saturated carbocycles. The zero-order chi connectivity index (χ0) is 15.3. The second-order valence-electron chi connectivity index (χ2n) is 5.61. The van der Waals surface area contributed by atoms with Crippen LogP contribution in [0.1, 0.15) is 34.1 Å². The predicted octanol–water partition coefficient (Wildman–Crippen LogP) is 0.807. The Labute approximate surface area is 120 Å². The Kier molecular flexibility index (Phi) is 6.42. The summed E-state index contributed by atoms with van der Waals surface area (Å²) in [7, 11) is 0. The molecule has 1 amide bonds. The highest BCUT2D eigenvalue weighted by atomic mass is 16.5. The number of carbonyl (C=O) groups excluding carboxylic acids is 1. The average molecular weight is 286 g/mol. The number of rotatable bonds is 6. The van der Waals surface area contributed by atoms with Crippen molar-refractivity contribution < 1.29 is 19.4 Å². The fourth-order valence-electron chi connectivity index (χ4n) is 2.45. The van der Waals surface area contributed by atoms with Gasteiger partial charge < -0.3 is 14.7 Å². The summed E-state index contributed by atoms with van der Waals surface area (Å²) in [6, 6.07) is 0.0749. The van der Waals surface area contributed by atoms with Gasteiger partial charge in [-0.05, 0) is 27.2 Å². The van der Waals surface area contributed by atoms with Gasteiger partial charge in [-0.15, -0.1) is 0 Å². The molecule has 20 heavy (non-hydrogen) atoms. The topological polar surface area (TPSA) is 70.1 Å². The number of morpholine rings is 1. The summed E-state index contributed by atoms with van der Waals surface area (Å²) in [5, 5.41) is 8.95. The van der Waals surface area contributed by atoms with Crippen LogP contribution in [-0.2, 0) is 14.3 Å². The van der Waals surface area contributed by atoms with E-state index < -0.39 is 5.97 Å². The lowest BCUT2D eigenvalue weighted by atomic mass is 10.2. The van der Waals surface area contributed by atoms with Crippen LogP contribution < -0.4 is 0 Å². The molecule has 0 aromatic heterocycles. The second-order valence-corrected chi connectivity index (χ2v) is 5.61. The smallest absolute Gasteiger partial charge is 0.317 e. The fourth-order valence-corrected chi connectivity index (χ4v) is 2.45. The highest BCUT2D eigenvalue weighted by molar-refractivity contribution is 5.79. The Morgan fingerprint density at radius 2 is 1.85 bits per heavy atom. The lowest BCUT2D eigenvalue weighted by Gasteiger charge is -2.37. The van der Waals surface area contributed by atoms with Gasteiger partial charge in [0.1, 0.15) is 0 Å². The van der Waals surface area contributed by atoms with Crippen LogP contribution in [0.5, 0.6) is 0 Å². The first-order valence-corrected chi connectivity index (χ1v) is 7.22. The third-order valence-corrected chi connectivity index (χ3v) is 3.66. The lowest BCUT2D eigenvalue weighted by Crippen LogP contribution is -2.52. The van der Waals surface area contributed by atoms with Crippen molar-refractivity contribution in [1.82, 2.24) is 9.80 Å². The van der Waals surface area contributed by atoms with Crippen molar-refractivity contribution in [1.29, 1.82) is 0 Å². The Hall–Kier alpha value is -1.14. The molecule has 6 nitrogen and oxygen atoms in total. The van der Waals surface area contributed by atoms with Crippen molar-refractivity contribution >= 4 is 11.9 Å². The van der Waals surface area contributed by atoms with Crippen molar-refractivity contribution in [2.75, 3.05) is 26.2 Å². The van der Waals surface area contributed by atoms with Gasteiger partial charge in [0.05, 0.1) is 25.3 Å². The first kappa shape index (κ1) is 16.9. The Bertz CT molecular complexity index is 338. The summed E-state index contributed by atoms with van der Waals surface area (Å²) in [5.41, 5.74) is 0. The zero-order valence-electron chi connectivity index (χ0n) is 12.8. The number of carboxylic acid groups (broad SMARTS) is 1. The van der Waals surface area contributed by atoms with Crippen LogP contribution in [0.25, 0.3) is 0 Å². The maximum atomic E-state index is 12.3. The molecule has 1 rings (SSSR count). The molecule has 3 atom stereocenters. The van der Waals surface area contributed by atoms with E-state index in [4.69, 9.17) is 9.84 Å². The first-order valence-electron chi connectivity index (χ1n) is 7.22. The van der Waals surface area contributed by atoms with E-state index in [-0.39, 0.29) is 37.2 Å². The van der Waals surface area contributed by atoms with Gasteiger partial charge >= 0.3 is 5.97 Å². The molecular formula is C14H26N2O4. The van der Waals surface area contributed by atoms with Crippen molar-refractivity contribution in [2.24, 2.45) is 0 Å². The Morgan fingerprint density at radius 3 is 2.30 bits per heavy atom. The fraction of sp³-hybridized carbons (Fsp3) is 0.857. The molecule has 0 aromatic rings. The van der Waals surface area contributed by atoms with E-state index in [0.29, 0.717) is 13.1 Å². The number of ether oxygens (including phenoxy) is 1. The van der Waals surface area contributed by atoms with Gasteiger partial charge in [-0.1, -0.05) is 6.92 Å². The number of nitrogens with zero attached hydrogens (tertiary/aromatic N) is 2. The summed E-state index contributed by atoms with van der Waals surface area (Å²) in [6.07, 6.45) is 0.870. The van der Waals surface area contributed by atoms with E-state index in [0.717, 1.165) is 6.42 Å². The monoisotopic (exact) mass is 286 g/mol. The van der Waals surface area contributed by atoms with Crippen LogP contribution in [0, 0.1) is 0 Å². The molecule has 6 heteroatoms. The van der Waals surface area contributed by atoms with Gasteiger partial charge in [0.25, 0.3) is 0 Å². The summed E-state index contributed by atoms with van der Waals surface area (Å²) in [6.45, 7) is 9.02. The largest absolute Gasteiger partial charge is 0.480 e. The molecule has 0 aliphatic carbocycles. The molecule has 3 unspecified atom stereocenters. The molecule has 1 aliphatic rings. The van der Waals surface area contributed by atoms with Gasteiger partial charge in [0.2, 0.25) is 5.91 Å². The van der Waals surface area contributed by atoms with Crippen molar-refractivity contribution in [3.05, 3.63) is 0 Å². The minimum Gasteiger partial charge on any atom is -0.480 e. The maximum absolute atomic E-state index is 12.3. The Balaban J connectivity index is 2.62. The average Bonchev–Trinajstić information content (AvgIpc) is 2.35. The van der Waals surface area contributed by atoms with Gasteiger partial charge in [-0.3, -0.25) is 14.5 Å². The van der Waals surface area contributed by atoms with Gasteiger partial charge in [0, 0.05) is 19.1 Å². The van der Waals surface area contributed by atoms with Crippen molar-refractivity contribution in [2.45, 2.75) is 52.4 Å². The summed E-state index contributed by atoms with van der Waals surface area (Å²) >= 11 is 0. The summed E-state index contributed by atoms with van der Waals surface area (Å²) in [4.78, 5) is 26.7. The van der Waals surface area contributed by atoms with Crippen LogP contribution in [0.3, 0.4) is 0 Å². The molecule has 0 radical (unpaired) electrons. The van der Waals surface area contributed by atoms with E-state index in [1.807, 2.05) is 27.7 Å². The number of hydrogen-bond donors (Lipinski definition) is 1. The molecule has 0 spiro atoms. The summed E-state index contributed by atoms with van der Waals surface area (Å²) < 4.78 is 5.60. The van der Waals surface area contributed by atoms with E-state index >= 15 is 0 Å². The standard InChI is InChI=1S/C14H26N2O4/c1-5-10(2)15(9-14(18)19)8-13(17)16-6-11(3)20-12(4)7-16/h10-12H,5-9H2,1-4H3,(H,18,19). The maximum Gasteiger partial charge on any atom is 0.317 e. The molecule has 1 fully saturated rings. The van der Waals surface area contributed by atoms with Gasteiger partial charge in [-0.25, -0.2) is 0 Å². The number of aliphatic carboxylic acids is 1. The van der Waals surface area contributed by atoms with Crippen LogP contribution >= 0.6 is 0 Å². The third-order valence-electron chi connectivity index (χ3n) is 3.66. The quantitative estimate of drug-likeness (QED) is 0.782. The SMILES string of the molecule is CCC(C)N(CC(=O)O)CC(=O)N1CC(C)OC(C)C1. The molecule has 116 valence electrons. The molecular weight excluding hydrogens is 260 g/mol. The van der Waals surface area contributed by atoms with Crippen LogP contribution in [-0.4, -0.2) is 71.2 Å². The molecule has 1 heterocycles. The van der Waals surface area contributed by atoms with Crippen LogP contribution in [0.2, 0.25) is 0 Å². The number of hydrogen-bond acceptors (Lipinski definition) is 4. The minimum absolute atomic E-state index is 0.0199. The lowest BCUT2D eigenvalue weighted by molar-refractivity contribution is -0.146. The third kappa shape index (κ3) is 5.09. The molecule has 1 aliphatic heterocycles. The van der Waals surface area contributed by atoms with Crippen molar-refractivity contribution in [3.63, 3.8) is 0 Å². The molecule has 1 saturated heterocycles. The first-order chi connectivity index (χ1) is 9.33. The van der Waals surface area contributed by atoms with Crippen LogP contribution in [0.4, 0.5) is 0 Å². The number of amides is 1. The minimum atomic E-state index is -0.901. The predicted molar refractivity (Wildman–Crippen MR) is 75.6 cm³/mol. The zero-order valence-corrected chi connectivity index (χ0v) is 12.8. The van der Waals surface area contributed by atoms with Gasteiger partial charge in [-0.2, -0.15) is 0 Å². The second kappa shape index (κ2) is 7.59. The van der Waals surface area contributed by atoms with E-state index in [9.17, 15) is 9.59 Å². The van der Waals surface area contributed by atoms with Crippen LogP contribution in [0.15, 0.2) is 0 Å². The molecule has 1 N–H and O–H groups in total. The van der Waals surface area contributed by atoms with E-state index in [1.54, 1.807) is 9.80 Å². The summed E-state index contributed by atoms with van der Waals surface area (Å²) in [5.74, 6) is -0.921. The Morgan fingerprint density at radius 1 is 1.30 bits per heavy atom.